The normalized spacial score (nSPS) is 12.7. The van der Waals surface area contributed by atoms with Gasteiger partial charge in [-0.3, -0.25) is 19.7 Å². The van der Waals surface area contributed by atoms with Crippen molar-refractivity contribution in [3.05, 3.63) is 69.8 Å². The second-order valence-corrected chi connectivity index (χ2v) is 6.12. The molecule has 0 radical (unpaired) electrons. The third-order valence-corrected chi connectivity index (χ3v) is 4.28. The molecule has 7 heteroatoms. The topological polar surface area (TPSA) is 98.5 Å². The predicted molar refractivity (Wildman–Crippen MR) is 101 cm³/mol. The smallest absolute Gasteiger partial charge is 0.311 e. The Bertz CT molecular complexity index is 807. The minimum absolute atomic E-state index is 0.0525. The summed E-state index contributed by atoms with van der Waals surface area (Å²) in [6.07, 6.45) is 0.457. The van der Waals surface area contributed by atoms with Crippen LogP contribution in [0.5, 0.6) is 5.75 Å². The summed E-state index contributed by atoms with van der Waals surface area (Å²) in [6, 6.07) is 13.7. The molecule has 0 spiro atoms. The number of nitro groups is 1. The molecule has 0 aliphatic heterocycles. The Balaban J connectivity index is 2.01. The minimum atomic E-state index is -0.918. The van der Waals surface area contributed by atoms with E-state index in [-0.39, 0.29) is 28.8 Å². The van der Waals surface area contributed by atoms with Gasteiger partial charge in [0.1, 0.15) is 6.29 Å². The van der Waals surface area contributed by atoms with E-state index in [0.29, 0.717) is 12.8 Å². The van der Waals surface area contributed by atoms with Crippen LogP contribution >= 0.6 is 0 Å². The summed E-state index contributed by atoms with van der Waals surface area (Å²) >= 11 is 0. The summed E-state index contributed by atoms with van der Waals surface area (Å²) in [5.74, 6) is -0.245. The molecule has 0 saturated heterocycles. The van der Waals surface area contributed by atoms with Crippen LogP contribution in [0, 0.1) is 10.1 Å². The van der Waals surface area contributed by atoms with Gasteiger partial charge in [-0.05, 0) is 31.0 Å². The Labute approximate surface area is 157 Å². The van der Waals surface area contributed by atoms with Crippen molar-refractivity contribution in [1.82, 2.24) is 5.32 Å². The van der Waals surface area contributed by atoms with Gasteiger partial charge in [0.15, 0.2) is 11.9 Å². The fraction of sp³-hybridized carbons (Fsp3) is 0.300. The monoisotopic (exact) mass is 370 g/mol. The molecule has 0 heterocycles. The van der Waals surface area contributed by atoms with Crippen molar-refractivity contribution in [2.24, 2.45) is 0 Å². The Morgan fingerprint density at radius 2 is 1.96 bits per heavy atom. The third kappa shape index (κ3) is 5.37. The second kappa shape index (κ2) is 9.47. The van der Waals surface area contributed by atoms with Crippen LogP contribution in [0.25, 0.3) is 0 Å². The number of hydrogen-bond acceptors (Lipinski definition) is 5. The predicted octanol–water partition coefficient (Wildman–Crippen LogP) is 3.48. The van der Waals surface area contributed by atoms with Gasteiger partial charge in [-0.15, -0.1) is 0 Å². The lowest BCUT2D eigenvalue weighted by Gasteiger charge is -2.19. The van der Waals surface area contributed by atoms with Crippen LogP contribution in [-0.4, -0.2) is 29.8 Å². The van der Waals surface area contributed by atoms with Crippen LogP contribution in [0.3, 0.4) is 0 Å². The zero-order valence-corrected chi connectivity index (χ0v) is 15.3. The first kappa shape index (κ1) is 20.1. The van der Waals surface area contributed by atoms with E-state index in [4.69, 9.17) is 4.74 Å². The molecule has 7 nitrogen and oxygen atoms in total. The van der Waals surface area contributed by atoms with E-state index in [1.165, 1.54) is 19.1 Å². The van der Waals surface area contributed by atoms with E-state index < -0.39 is 11.0 Å². The molecule has 0 saturated carbocycles. The SMILES string of the molecule is CC[C@H](CNC(=O)[C@H](C)Oc1ccc(C=O)cc1[N+](=O)[O-])c1ccccc1. The highest BCUT2D eigenvalue weighted by Crippen LogP contribution is 2.28. The van der Waals surface area contributed by atoms with E-state index in [2.05, 4.69) is 5.32 Å². The van der Waals surface area contributed by atoms with Gasteiger partial charge in [0.05, 0.1) is 4.92 Å². The van der Waals surface area contributed by atoms with Gasteiger partial charge in [-0.1, -0.05) is 37.3 Å². The van der Waals surface area contributed by atoms with Crippen molar-refractivity contribution >= 4 is 17.9 Å². The Morgan fingerprint density at radius 3 is 2.56 bits per heavy atom. The van der Waals surface area contributed by atoms with Crippen molar-refractivity contribution in [3.8, 4) is 5.75 Å². The van der Waals surface area contributed by atoms with Crippen molar-refractivity contribution < 1.29 is 19.2 Å². The number of carbonyl (C=O) groups excluding carboxylic acids is 2. The molecule has 2 aromatic carbocycles. The van der Waals surface area contributed by atoms with E-state index in [1.807, 2.05) is 37.3 Å². The molecule has 2 aromatic rings. The number of benzene rings is 2. The van der Waals surface area contributed by atoms with Gasteiger partial charge in [-0.25, -0.2) is 0 Å². The number of hydrogen-bond donors (Lipinski definition) is 1. The number of nitro benzene ring substituents is 1. The number of nitrogens with zero attached hydrogens (tertiary/aromatic N) is 1. The molecule has 0 aliphatic rings. The number of nitrogens with one attached hydrogen (secondary N) is 1. The lowest BCUT2D eigenvalue weighted by atomic mass is 9.96. The Morgan fingerprint density at radius 1 is 1.26 bits per heavy atom. The maximum atomic E-state index is 12.3. The van der Waals surface area contributed by atoms with Gasteiger partial charge >= 0.3 is 5.69 Å². The van der Waals surface area contributed by atoms with Crippen LogP contribution < -0.4 is 10.1 Å². The van der Waals surface area contributed by atoms with Gasteiger partial charge in [0.2, 0.25) is 0 Å². The van der Waals surface area contributed by atoms with Crippen LogP contribution in [0.4, 0.5) is 5.69 Å². The highest BCUT2D eigenvalue weighted by atomic mass is 16.6. The Kier molecular flexibility index (Phi) is 7.05. The van der Waals surface area contributed by atoms with Crippen LogP contribution in [0.2, 0.25) is 0 Å². The third-order valence-electron chi connectivity index (χ3n) is 4.28. The highest BCUT2D eigenvalue weighted by molar-refractivity contribution is 5.81. The zero-order valence-electron chi connectivity index (χ0n) is 15.3. The summed E-state index contributed by atoms with van der Waals surface area (Å²) in [4.78, 5) is 33.6. The summed E-state index contributed by atoms with van der Waals surface area (Å²) < 4.78 is 5.47. The summed E-state index contributed by atoms with van der Waals surface area (Å²) in [7, 11) is 0. The van der Waals surface area contributed by atoms with E-state index >= 15 is 0 Å². The van der Waals surface area contributed by atoms with Gasteiger partial charge in [0, 0.05) is 24.1 Å². The fourth-order valence-corrected chi connectivity index (χ4v) is 2.68. The first-order valence-corrected chi connectivity index (χ1v) is 8.69. The molecule has 2 atom stereocenters. The maximum absolute atomic E-state index is 12.3. The molecule has 0 aliphatic carbocycles. The summed E-state index contributed by atoms with van der Waals surface area (Å²) in [5.41, 5.74) is 0.948. The summed E-state index contributed by atoms with van der Waals surface area (Å²) in [5, 5.41) is 14.0. The standard InChI is InChI=1S/C20H22N2O5/c1-3-16(17-7-5-4-6-8-17)12-21-20(24)14(2)27-19-10-9-15(13-23)11-18(19)22(25)26/h4-11,13-14,16H,3,12H2,1-2H3,(H,21,24)/t14-,16+/m0/s1. The van der Waals surface area contributed by atoms with Crippen molar-refractivity contribution in [1.29, 1.82) is 0 Å². The molecule has 0 aromatic heterocycles. The molecule has 0 bridgehead atoms. The second-order valence-electron chi connectivity index (χ2n) is 6.12. The number of carbonyl (C=O) groups is 2. The lowest BCUT2D eigenvalue weighted by molar-refractivity contribution is -0.386. The fourth-order valence-electron chi connectivity index (χ4n) is 2.68. The lowest BCUT2D eigenvalue weighted by Crippen LogP contribution is -2.38. The molecule has 27 heavy (non-hydrogen) atoms. The van der Waals surface area contributed by atoms with E-state index in [9.17, 15) is 19.7 Å². The maximum Gasteiger partial charge on any atom is 0.311 e. The number of ether oxygens (including phenoxy) is 1. The largest absolute Gasteiger partial charge is 0.474 e. The molecule has 1 N–H and O–H groups in total. The van der Waals surface area contributed by atoms with Crippen molar-refractivity contribution in [2.75, 3.05) is 6.54 Å². The average Bonchev–Trinajstić information content (AvgIpc) is 2.69. The van der Waals surface area contributed by atoms with Gasteiger partial charge in [0.25, 0.3) is 5.91 Å². The van der Waals surface area contributed by atoms with Crippen LogP contribution in [0.1, 0.15) is 42.1 Å². The minimum Gasteiger partial charge on any atom is -0.474 e. The van der Waals surface area contributed by atoms with E-state index in [1.54, 1.807) is 0 Å². The molecule has 0 fully saturated rings. The number of amides is 1. The quantitative estimate of drug-likeness (QED) is 0.414. The van der Waals surface area contributed by atoms with Crippen LogP contribution in [0.15, 0.2) is 48.5 Å². The van der Waals surface area contributed by atoms with E-state index in [0.717, 1.165) is 18.1 Å². The molecular weight excluding hydrogens is 348 g/mol. The van der Waals surface area contributed by atoms with Crippen molar-refractivity contribution in [2.45, 2.75) is 32.3 Å². The number of rotatable bonds is 9. The first-order chi connectivity index (χ1) is 13.0. The van der Waals surface area contributed by atoms with Gasteiger partial charge < -0.3 is 10.1 Å². The molecular formula is C20H22N2O5. The summed E-state index contributed by atoms with van der Waals surface area (Å²) in [6.45, 7) is 4.01. The molecule has 1 amide bonds. The first-order valence-electron chi connectivity index (χ1n) is 8.69. The average molecular weight is 370 g/mol. The van der Waals surface area contributed by atoms with Crippen LogP contribution in [-0.2, 0) is 4.79 Å². The Hall–Kier alpha value is -3.22. The molecule has 142 valence electrons. The molecule has 2 rings (SSSR count). The molecule has 0 unspecified atom stereocenters. The van der Waals surface area contributed by atoms with Gasteiger partial charge in [-0.2, -0.15) is 0 Å². The number of aldehydes is 1. The highest BCUT2D eigenvalue weighted by Gasteiger charge is 2.22. The van der Waals surface area contributed by atoms with Crippen molar-refractivity contribution in [3.63, 3.8) is 0 Å². The zero-order chi connectivity index (χ0) is 19.8.